The van der Waals surface area contributed by atoms with E-state index in [4.69, 9.17) is 5.73 Å². The van der Waals surface area contributed by atoms with Gasteiger partial charge in [0.25, 0.3) is 0 Å². The molecule has 1 fully saturated rings. The molecule has 0 saturated carbocycles. The Morgan fingerprint density at radius 3 is 2.70 bits per heavy atom. The molecule has 0 bridgehead atoms. The molecule has 146 valence electrons. The molecular weight excluding hydrogens is 367 g/mol. The van der Waals surface area contributed by atoms with Crippen molar-refractivity contribution < 1.29 is 19.1 Å². The number of rotatable bonds is 3. The summed E-state index contributed by atoms with van der Waals surface area (Å²) in [5.74, 6) is -0.453. The van der Waals surface area contributed by atoms with Crippen LogP contribution in [0.15, 0.2) is 29.3 Å². The van der Waals surface area contributed by atoms with E-state index in [-0.39, 0.29) is 13.1 Å². The van der Waals surface area contributed by atoms with Crippen LogP contribution < -0.4 is 10.6 Å². The number of carbonyl (C=O) groups excluding carboxylic acids is 1. The quantitative estimate of drug-likeness (QED) is 0.773. The molecule has 1 aromatic carbocycles. The Morgan fingerprint density at radius 1 is 1.44 bits per heavy atom. The standard InChI is InChI=1S/C18H25FN4O3Si/c1-27(2,3)11-15-18(7-8-22(17(25)26)10-14(18)20)23(16(24)21-15)13-6-4-5-12(19)9-13/h4-6,9,14H,7-8,10-11,20H2,1-3H3,(H,25,26). The highest BCUT2D eigenvalue weighted by Crippen LogP contribution is 2.41. The van der Waals surface area contributed by atoms with E-state index >= 15 is 0 Å². The van der Waals surface area contributed by atoms with Crippen molar-refractivity contribution >= 4 is 31.6 Å². The number of urea groups is 1. The van der Waals surface area contributed by atoms with Gasteiger partial charge < -0.3 is 15.7 Å². The molecule has 9 heteroatoms. The zero-order valence-corrected chi connectivity index (χ0v) is 16.8. The summed E-state index contributed by atoms with van der Waals surface area (Å²) in [5, 5.41) is 9.33. The van der Waals surface area contributed by atoms with Gasteiger partial charge in [-0.25, -0.2) is 19.0 Å². The number of nitrogens with two attached hydrogens (primary N) is 1. The Kier molecular flexibility index (Phi) is 4.85. The number of hydrogen-bond donors (Lipinski definition) is 2. The van der Waals surface area contributed by atoms with Crippen LogP contribution in [0.1, 0.15) is 6.42 Å². The van der Waals surface area contributed by atoms with Crippen molar-refractivity contribution in [1.29, 1.82) is 0 Å². The van der Waals surface area contributed by atoms with Gasteiger partial charge in [-0.3, -0.25) is 4.90 Å². The fourth-order valence-electron chi connectivity index (χ4n) is 3.99. The summed E-state index contributed by atoms with van der Waals surface area (Å²) in [6.07, 6.45) is -0.697. The van der Waals surface area contributed by atoms with E-state index in [9.17, 15) is 19.1 Å². The topological polar surface area (TPSA) is 99.2 Å². The van der Waals surface area contributed by atoms with E-state index in [1.165, 1.54) is 21.9 Å². The number of anilines is 1. The fourth-order valence-corrected chi connectivity index (χ4v) is 5.38. The highest BCUT2D eigenvalue weighted by Gasteiger charge is 2.56. The number of aliphatic imine (C=N–C) groups is 1. The van der Waals surface area contributed by atoms with Gasteiger partial charge in [0.15, 0.2) is 0 Å². The zero-order chi connectivity index (χ0) is 20.0. The van der Waals surface area contributed by atoms with Gasteiger partial charge in [-0.05, 0) is 30.7 Å². The zero-order valence-electron chi connectivity index (χ0n) is 15.8. The minimum absolute atomic E-state index is 0.0964. The van der Waals surface area contributed by atoms with Crippen molar-refractivity contribution in [3.63, 3.8) is 0 Å². The van der Waals surface area contributed by atoms with Crippen molar-refractivity contribution in [1.82, 2.24) is 4.90 Å². The van der Waals surface area contributed by atoms with Gasteiger partial charge in [0.2, 0.25) is 0 Å². The Bertz CT molecular complexity index is 810. The number of nitrogens with zero attached hydrogens (tertiary/aromatic N) is 3. The number of amides is 3. The number of likely N-dealkylation sites (tertiary alicyclic amines) is 1. The summed E-state index contributed by atoms with van der Waals surface area (Å²) < 4.78 is 13.9. The second-order valence-corrected chi connectivity index (χ2v) is 13.9. The summed E-state index contributed by atoms with van der Waals surface area (Å²) in [6.45, 7) is 6.87. The molecule has 0 aromatic heterocycles. The van der Waals surface area contributed by atoms with E-state index in [0.29, 0.717) is 23.9 Å². The Morgan fingerprint density at radius 2 is 2.15 bits per heavy atom. The van der Waals surface area contributed by atoms with Gasteiger partial charge in [0.1, 0.15) is 11.4 Å². The molecule has 1 saturated heterocycles. The van der Waals surface area contributed by atoms with E-state index in [1.807, 2.05) is 0 Å². The number of halogens is 1. The molecule has 2 aliphatic heterocycles. The second kappa shape index (κ2) is 6.72. The summed E-state index contributed by atoms with van der Waals surface area (Å²) >= 11 is 0. The molecule has 7 nitrogen and oxygen atoms in total. The van der Waals surface area contributed by atoms with Crippen molar-refractivity contribution in [3.8, 4) is 0 Å². The third-order valence-corrected chi connectivity index (χ3v) is 6.54. The lowest BCUT2D eigenvalue weighted by Gasteiger charge is -2.49. The summed E-state index contributed by atoms with van der Waals surface area (Å²) in [4.78, 5) is 31.3. The molecule has 3 amide bonds. The number of carbonyl (C=O) groups is 2. The molecule has 2 unspecified atom stereocenters. The van der Waals surface area contributed by atoms with Gasteiger partial charge in [0.05, 0.1) is 14.1 Å². The van der Waals surface area contributed by atoms with E-state index in [1.54, 1.807) is 12.1 Å². The van der Waals surface area contributed by atoms with Crippen LogP contribution in [-0.2, 0) is 0 Å². The van der Waals surface area contributed by atoms with Crippen LogP contribution in [0.3, 0.4) is 0 Å². The number of hydrogen-bond acceptors (Lipinski definition) is 3. The maximum atomic E-state index is 13.9. The highest BCUT2D eigenvalue weighted by atomic mass is 28.3. The summed E-state index contributed by atoms with van der Waals surface area (Å²) in [5.41, 5.74) is 6.66. The fraction of sp³-hybridized carbons (Fsp3) is 0.500. The average molecular weight is 393 g/mol. The number of piperidine rings is 1. The summed E-state index contributed by atoms with van der Waals surface area (Å²) in [7, 11) is -1.64. The second-order valence-electron chi connectivity index (χ2n) is 8.40. The van der Waals surface area contributed by atoms with Gasteiger partial charge >= 0.3 is 12.1 Å². The van der Waals surface area contributed by atoms with Crippen molar-refractivity contribution in [3.05, 3.63) is 30.1 Å². The first kappa shape index (κ1) is 19.5. The third kappa shape index (κ3) is 3.48. The molecule has 1 aromatic rings. The van der Waals surface area contributed by atoms with Crippen molar-refractivity contribution in [2.24, 2.45) is 10.7 Å². The van der Waals surface area contributed by atoms with Crippen LogP contribution in [0.5, 0.6) is 0 Å². The molecule has 27 heavy (non-hydrogen) atoms. The Hall–Kier alpha value is -2.26. The summed E-state index contributed by atoms with van der Waals surface area (Å²) in [6, 6.07) is 5.37. The molecule has 0 radical (unpaired) electrons. The number of carboxylic acid groups (broad SMARTS) is 1. The van der Waals surface area contributed by atoms with Crippen LogP contribution in [0, 0.1) is 5.82 Å². The minimum atomic E-state index is -1.64. The normalized spacial score (nSPS) is 25.9. The maximum absolute atomic E-state index is 13.9. The van der Waals surface area contributed by atoms with Crippen molar-refractivity contribution in [2.45, 2.75) is 43.7 Å². The molecule has 3 N–H and O–H groups in total. The van der Waals surface area contributed by atoms with Crippen LogP contribution in [0.2, 0.25) is 25.7 Å². The van der Waals surface area contributed by atoms with Gasteiger partial charge in [-0.2, -0.15) is 0 Å². The van der Waals surface area contributed by atoms with Crippen LogP contribution in [0.4, 0.5) is 19.7 Å². The van der Waals surface area contributed by atoms with Gasteiger partial charge in [-0.15, -0.1) is 0 Å². The van der Waals surface area contributed by atoms with Crippen LogP contribution in [0.25, 0.3) is 0 Å². The third-order valence-electron chi connectivity index (χ3n) is 5.15. The molecule has 2 aliphatic rings. The van der Waals surface area contributed by atoms with Crippen molar-refractivity contribution in [2.75, 3.05) is 18.0 Å². The Labute approximate surface area is 158 Å². The lowest BCUT2D eigenvalue weighted by Crippen LogP contribution is -2.70. The van der Waals surface area contributed by atoms with Crippen LogP contribution in [-0.4, -0.2) is 60.6 Å². The number of benzene rings is 1. The predicted octanol–water partition coefficient (Wildman–Crippen LogP) is 2.99. The lowest BCUT2D eigenvalue weighted by atomic mass is 9.78. The smallest absolute Gasteiger partial charge is 0.407 e. The van der Waals surface area contributed by atoms with Gasteiger partial charge in [0, 0.05) is 24.5 Å². The highest BCUT2D eigenvalue weighted by molar-refractivity contribution is 6.79. The molecule has 2 heterocycles. The minimum Gasteiger partial charge on any atom is -0.465 e. The molecule has 3 rings (SSSR count). The maximum Gasteiger partial charge on any atom is 0.407 e. The predicted molar refractivity (Wildman–Crippen MR) is 105 cm³/mol. The monoisotopic (exact) mass is 392 g/mol. The molecule has 1 spiro atoms. The van der Waals surface area contributed by atoms with Crippen LogP contribution >= 0.6 is 0 Å². The van der Waals surface area contributed by atoms with E-state index < -0.39 is 37.6 Å². The molecule has 2 atom stereocenters. The Balaban J connectivity index is 2.08. The molecular formula is C18H25FN4O3Si. The lowest BCUT2D eigenvalue weighted by molar-refractivity contribution is 0.120. The van der Waals surface area contributed by atoms with E-state index in [2.05, 4.69) is 24.6 Å². The van der Waals surface area contributed by atoms with E-state index in [0.717, 1.165) is 0 Å². The largest absolute Gasteiger partial charge is 0.465 e. The first-order valence-corrected chi connectivity index (χ1v) is 12.7. The molecule has 0 aliphatic carbocycles. The van der Waals surface area contributed by atoms with Gasteiger partial charge in [-0.1, -0.05) is 25.7 Å². The first-order valence-electron chi connectivity index (χ1n) is 8.96. The first-order chi connectivity index (χ1) is 12.5. The SMILES string of the molecule is C[Si](C)(C)CC1=NC(=O)N(c2cccc(F)c2)C12CCN(C(=O)O)CC2N. The average Bonchev–Trinajstić information content (AvgIpc) is 2.80.